The Labute approximate surface area is 291 Å². The Balaban J connectivity index is 1.21. The summed E-state index contributed by atoms with van der Waals surface area (Å²) in [7, 11) is 1.61. The molecule has 2 amide bonds. The van der Waals surface area contributed by atoms with E-state index >= 15 is 0 Å². The highest BCUT2D eigenvalue weighted by Gasteiger charge is 2.57. The predicted octanol–water partition coefficient (Wildman–Crippen LogP) is 4.24. The van der Waals surface area contributed by atoms with E-state index < -0.39 is 24.2 Å². The van der Waals surface area contributed by atoms with Crippen molar-refractivity contribution in [2.75, 3.05) is 33.4 Å². The smallest absolute Gasteiger partial charge is 0.251 e. The number of para-hydroxylation sites is 1. The molecule has 0 aromatic heterocycles. The Morgan fingerprint density at radius 1 is 1.16 bits per heavy atom. The molecular formula is C39H56N4O6. The van der Waals surface area contributed by atoms with Gasteiger partial charge in [-0.2, -0.15) is 5.06 Å². The van der Waals surface area contributed by atoms with Crippen molar-refractivity contribution >= 4 is 11.8 Å². The fourth-order valence-electron chi connectivity index (χ4n) is 9.51. The lowest BCUT2D eigenvalue weighted by atomic mass is 9.45. The molecule has 2 aromatic rings. The van der Waals surface area contributed by atoms with Gasteiger partial charge in [-0.15, -0.1) is 0 Å². The lowest BCUT2D eigenvalue weighted by molar-refractivity contribution is -0.183. The zero-order valence-electron chi connectivity index (χ0n) is 30.0. The molecule has 2 bridgehead atoms. The summed E-state index contributed by atoms with van der Waals surface area (Å²) in [6.45, 7) is 13.3. The summed E-state index contributed by atoms with van der Waals surface area (Å²) in [6.07, 6.45) is 2.80. The summed E-state index contributed by atoms with van der Waals surface area (Å²) in [5, 5.41) is 29.2. The first-order chi connectivity index (χ1) is 23.5. The van der Waals surface area contributed by atoms with Crippen LogP contribution in [0.1, 0.15) is 76.2 Å². The van der Waals surface area contributed by atoms with E-state index in [4.69, 9.17) is 9.57 Å². The minimum absolute atomic E-state index is 0.0556. The van der Waals surface area contributed by atoms with Crippen LogP contribution in [-0.4, -0.2) is 95.7 Å². The molecule has 0 unspecified atom stereocenters. The second-order valence-corrected chi connectivity index (χ2v) is 15.4. The number of benzene rings is 2. The Morgan fingerprint density at radius 2 is 1.94 bits per heavy atom. The second-order valence-electron chi connectivity index (χ2n) is 15.4. The molecule has 2 aromatic carbocycles. The quantitative estimate of drug-likeness (QED) is 0.264. The molecule has 4 N–H and O–H groups in total. The molecule has 2 heterocycles. The van der Waals surface area contributed by atoms with Gasteiger partial charge in [0.2, 0.25) is 5.91 Å². The number of hydrogen-bond acceptors (Lipinski definition) is 8. The minimum Gasteiger partial charge on any atom is -0.496 e. The number of hydroxylamine groups is 2. The molecule has 2 saturated heterocycles. The molecule has 5 fully saturated rings. The normalized spacial score (nSPS) is 31.6. The first kappa shape index (κ1) is 35.8. The number of nitrogens with zero attached hydrogens (tertiary/aromatic N) is 2. The highest BCUT2D eigenvalue weighted by atomic mass is 16.7. The number of likely N-dealkylation sites (tertiary alicyclic amines) is 1. The van der Waals surface area contributed by atoms with Gasteiger partial charge in [-0.05, 0) is 86.6 Å². The lowest BCUT2D eigenvalue weighted by Gasteiger charge is -2.62. The first-order valence-corrected chi connectivity index (χ1v) is 18.3. The number of likely N-dealkylation sites (N-methyl/N-ethyl adjacent to an activating group) is 1. The van der Waals surface area contributed by atoms with Crippen LogP contribution in [0, 0.1) is 29.1 Å². The van der Waals surface area contributed by atoms with Crippen LogP contribution in [0.25, 0.3) is 11.1 Å². The van der Waals surface area contributed by atoms with Crippen LogP contribution in [-0.2, 0) is 16.2 Å². The van der Waals surface area contributed by atoms with E-state index in [0.29, 0.717) is 47.1 Å². The maximum absolute atomic E-state index is 14.1. The Bertz CT molecular complexity index is 1500. The number of carbonyl (C=O) groups excluding carboxylic acids is 2. The van der Waals surface area contributed by atoms with Crippen LogP contribution in [0.4, 0.5) is 0 Å². The van der Waals surface area contributed by atoms with Crippen molar-refractivity contribution in [2.45, 2.75) is 97.2 Å². The van der Waals surface area contributed by atoms with Gasteiger partial charge in [-0.25, -0.2) is 0 Å². The molecule has 0 radical (unpaired) electrons. The van der Waals surface area contributed by atoms with Gasteiger partial charge < -0.3 is 25.6 Å². The summed E-state index contributed by atoms with van der Waals surface area (Å²) in [4.78, 5) is 36.0. The van der Waals surface area contributed by atoms with E-state index in [1.165, 1.54) is 6.42 Å². The van der Waals surface area contributed by atoms with Crippen molar-refractivity contribution in [3.8, 4) is 16.9 Å². The first-order valence-electron chi connectivity index (χ1n) is 18.3. The number of hydrogen-bond donors (Lipinski definition) is 4. The molecule has 9 atom stereocenters. The summed E-state index contributed by atoms with van der Waals surface area (Å²) >= 11 is 0. The fraction of sp³-hybridized carbons (Fsp3) is 0.641. The van der Waals surface area contributed by atoms with Gasteiger partial charge in [0.1, 0.15) is 17.9 Å². The molecule has 3 aliphatic carbocycles. The monoisotopic (exact) mass is 676 g/mol. The zero-order chi connectivity index (χ0) is 35.0. The van der Waals surface area contributed by atoms with Gasteiger partial charge in [0.15, 0.2) is 0 Å². The van der Waals surface area contributed by atoms with E-state index in [1.54, 1.807) is 19.1 Å². The van der Waals surface area contributed by atoms with Gasteiger partial charge in [0.05, 0.1) is 26.4 Å². The molecule has 5 aliphatic rings. The van der Waals surface area contributed by atoms with Gasteiger partial charge in [-0.1, -0.05) is 58.0 Å². The summed E-state index contributed by atoms with van der Waals surface area (Å²) in [5.74, 6) is 1.20. The third-order valence-electron chi connectivity index (χ3n) is 12.5. The van der Waals surface area contributed by atoms with E-state index in [0.717, 1.165) is 49.0 Å². The van der Waals surface area contributed by atoms with Crippen molar-refractivity contribution in [1.82, 2.24) is 20.6 Å². The van der Waals surface area contributed by atoms with Crippen LogP contribution in [0.5, 0.6) is 5.75 Å². The summed E-state index contributed by atoms with van der Waals surface area (Å²) in [5.41, 5.74) is 3.30. The van der Waals surface area contributed by atoms with E-state index in [2.05, 4.69) is 43.2 Å². The number of carbonyl (C=O) groups is 2. The van der Waals surface area contributed by atoms with Crippen molar-refractivity contribution < 1.29 is 29.4 Å². The van der Waals surface area contributed by atoms with E-state index in [9.17, 15) is 19.8 Å². The summed E-state index contributed by atoms with van der Waals surface area (Å²) < 4.78 is 5.99. The lowest BCUT2D eigenvalue weighted by Crippen LogP contribution is -2.62. The molecule has 49 heavy (non-hydrogen) atoms. The highest BCUT2D eigenvalue weighted by molar-refractivity contribution is 5.95. The molecule has 7 rings (SSSR count). The number of nitrogens with one attached hydrogen (secondary N) is 2. The molecule has 0 spiro atoms. The Morgan fingerprint density at radius 3 is 2.61 bits per heavy atom. The number of fused-ring (bicyclic) bond motifs is 2. The maximum atomic E-state index is 14.1. The van der Waals surface area contributed by atoms with Crippen LogP contribution in [0.15, 0.2) is 42.5 Å². The average Bonchev–Trinajstić information content (AvgIpc) is 3.71. The van der Waals surface area contributed by atoms with Crippen molar-refractivity contribution in [1.29, 1.82) is 0 Å². The number of methoxy groups -OCH3 is 1. The third kappa shape index (κ3) is 6.87. The molecule has 10 heteroatoms. The number of rotatable bonds is 12. The van der Waals surface area contributed by atoms with Crippen molar-refractivity contribution in [3.05, 3.63) is 53.6 Å². The van der Waals surface area contributed by atoms with E-state index in [-0.39, 0.29) is 31.0 Å². The summed E-state index contributed by atoms with van der Waals surface area (Å²) in [6, 6.07) is 13.0. The molecular weight excluding hydrogens is 620 g/mol. The highest BCUT2D eigenvalue weighted by Crippen LogP contribution is 2.61. The van der Waals surface area contributed by atoms with Crippen molar-refractivity contribution in [3.63, 3.8) is 0 Å². The molecule has 268 valence electrons. The largest absolute Gasteiger partial charge is 0.496 e. The van der Waals surface area contributed by atoms with Crippen LogP contribution in [0.3, 0.4) is 0 Å². The Hall–Kier alpha value is -3.02. The number of aliphatic hydroxyl groups excluding tert-OH is 2. The average molecular weight is 677 g/mol. The van der Waals surface area contributed by atoms with Gasteiger partial charge in [0.25, 0.3) is 5.91 Å². The van der Waals surface area contributed by atoms with Crippen LogP contribution < -0.4 is 15.4 Å². The van der Waals surface area contributed by atoms with Crippen molar-refractivity contribution in [2.24, 2.45) is 29.1 Å². The number of amides is 2. The topological polar surface area (TPSA) is 124 Å². The van der Waals surface area contributed by atoms with Gasteiger partial charge in [0, 0.05) is 41.2 Å². The van der Waals surface area contributed by atoms with E-state index in [1.807, 2.05) is 42.5 Å². The molecule has 2 aliphatic heterocycles. The third-order valence-corrected chi connectivity index (χ3v) is 12.5. The fourth-order valence-corrected chi connectivity index (χ4v) is 9.51. The van der Waals surface area contributed by atoms with Gasteiger partial charge >= 0.3 is 0 Å². The maximum Gasteiger partial charge on any atom is 0.251 e. The van der Waals surface area contributed by atoms with Crippen LogP contribution >= 0.6 is 0 Å². The Kier molecular flexibility index (Phi) is 10.7. The van der Waals surface area contributed by atoms with Crippen LogP contribution in [0.2, 0.25) is 0 Å². The molecule has 3 saturated carbocycles. The predicted molar refractivity (Wildman–Crippen MR) is 189 cm³/mol. The zero-order valence-corrected chi connectivity index (χ0v) is 30.0. The number of ether oxygens (including phenoxy) is 1. The number of aliphatic hydroxyl groups is 2. The second kappa shape index (κ2) is 14.7. The van der Waals surface area contributed by atoms with Gasteiger partial charge in [-0.3, -0.25) is 19.3 Å². The minimum atomic E-state index is -0.880. The SMILES string of the molecule is CCN1CCC[C@H]1CNC(=O)c1cccc(-c2cccc(CN3O[C@@H](CO)[C@@H]([C@H](C)O)[C@H]3C(=O)N[C@H]3C[C@H]4C[C@@H]([C@@H]3C)C4(C)C)c2OC)c1. The molecule has 10 nitrogen and oxygen atoms in total. The standard InChI is InChI=1S/C39H56N4O6/c1-7-42-16-10-14-29(42)20-40-37(46)26-12-8-11-25(17-26)30-15-9-13-27(36(30)48-6)21-43-35(34(24(3)45)33(22-44)49-43)38(47)41-32-19-28-18-31(23(32)2)39(28,4)5/h8-9,11-13,15,17,23-24,28-29,31-35,44-45H,7,10,14,16,18-22H2,1-6H3,(H,40,46)(H,41,47)/t23-,24-,28+,29-,31-,32-,33-,34+,35-/m0/s1.